The molecule has 0 heterocycles. The lowest BCUT2D eigenvalue weighted by molar-refractivity contribution is 0.0464. The molecule has 2 rings (SSSR count). The first-order valence-corrected chi connectivity index (χ1v) is 6.24. The molecule has 1 fully saturated rings. The molecular formula is C14H21NO2. The van der Waals surface area contributed by atoms with Gasteiger partial charge >= 0.3 is 0 Å². The molecule has 2 N–H and O–H groups in total. The molecule has 0 amide bonds. The van der Waals surface area contributed by atoms with Gasteiger partial charge in [-0.05, 0) is 31.7 Å². The maximum absolute atomic E-state index is 9.73. The second-order valence-electron chi connectivity index (χ2n) is 5.11. The molecule has 3 heteroatoms. The van der Waals surface area contributed by atoms with Crippen molar-refractivity contribution in [1.29, 1.82) is 0 Å². The molecular weight excluding hydrogens is 214 g/mol. The number of aliphatic hydroxyl groups excluding tert-OH is 2. The summed E-state index contributed by atoms with van der Waals surface area (Å²) in [4.78, 5) is 2.18. The molecule has 0 radical (unpaired) electrons. The van der Waals surface area contributed by atoms with Crippen molar-refractivity contribution in [2.24, 2.45) is 5.92 Å². The van der Waals surface area contributed by atoms with Crippen LogP contribution >= 0.6 is 0 Å². The predicted molar refractivity (Wildman–Crippen MR) is 69.1 cm³/mol. The Morgan fingerprint density at radius 1 is 1.35 bits per heavy atom. The average Bonchev–Trinajstić information content (AvgIpc) is 2.27. The van der Waals surface area contributed by atoms with Crippen LogP contribution in [0, 0.1) is 5.92 Å². The molecule has 1 saturated carbocycles. The monoisotopic (exact) mass is 235 g/mol. The Labute approximate surface area is 103 Å². The van der Waals surface area contributed by atoms with E-state index in [9.17, 15) is 10.2 Å². The van der Waals surface area contributed by atoms with E-state index in [1.54, 1.807) is 6.92 Å². The third-order valence-corrected chi connectivity index (χ3v) is 3.54. The van der Waals surface area contributed by atoms with Gasteiger partial charge in [0.2, 0.25) is 0 Å². The van der Waals surface area contributed by atoms with Gasteiger partial charge in [0.25, 0.3) is 0 Å². The molecule has 1 aromatic carbocycles. The maximum atomic E-state index is 9.73. The summed E-state index contributed by atoms with van der Waals surface area (Å²) in [6.45, 7) is 2.74. The Kier molecular flexibility index (Phi) is 3.69. The molecule has 94 valence electrons. The number of benzene rings is 1. The summed E-state index contributed by atoms with van der Waals surface area (Å²) in [5, 5.41) is 19.0. The molecule has 0 saturated heterocycles. The minimum absolute atomic E-state index is 0.0968. The summed E-state index contributed by atoms with van der Waals surface area (Å²) < 4.78 is 0. The number of nitrogens with zero attached hydrogens (tertiary/aromatic N) is 1. The second-order valence-corrected chi connectivity index (χ2v) is 5.11. The van der Waals surface area contributed by atoms with Crippen molar-refractivity contribution in [1.82, 2.24) is 0 Å². The lowest BCUT2D eigenvalue weighted by atomic mass is 9.82. The van der Waals surface area contributed by atoms with Crippen molar-refractivity contribution < 1.29 is 10.2 Å². The SMILES string of the molecule is C[C@H](O)c1ccccc1N(C)CC1CC(O)C1. The standard InChI is InChI=1S/C14H21NO2/c1-10(16)13-5-3-4-6-14(13)15(2)9-11-7-12(17)8-11/h3-6,10-12,16-17H,7-9H2,1-2H3/t10-,11?,12?/m0/s1. The zero-order valence-corrected chi connectivity index (χ0v) is 10.5. The van der Waals surface area contributed by atoms with E-state index in [1.807, 2.05) is 31.3 Å². The van der Waals surface area contributed by atoms with Gasteiger partial charge in [0, 0.05) is 24.8 Å². The Morgan fingerprint density at radius 2 is 2.00 bits per heavy atom. The number of hydrogen-bond acceptors (Lipinski definition) is 3. The van der Waals surface area contributed by atoms with Crippen LogP contribution in [0.1, 0.15) is 31.4 Å². The van der Waals surface area contributed by atoms with E-state index in [0.717, 1.165) is 30.6 Å². The Bertz CT molecular complexity index is 372. The number of rotatable bonds is 4. The Balaban J connectivity index is 2.05. The van der Waals surface area contributed by atoms with E-state index in [0.29, 0.717) is 5.92 Å². The van der Waals surface area contributed by atoms with E-state index in [-0.39, 0.29) is 6.10 Å². The molecule has 3 nitrogen and oxygen atoms in total. The summed E-state index contributed by atoms with van der Waals surface area (Å²) in [5.41, 5.74) is 2.05. The largest absolute Gasteiger partial charge is 0.393 e. The molecule has 1 aliphatic carbocycles. The van der Waals surface area contributed by atoms with Gasteiger partial charge < -0.3 is 15.1 Å². The molecule has 1 aliphatic rings. The molecule has 0 bridgehead atoms. The van der Waals surface area contributed by atoms with Gasteiger partial charge in [0.05, 0.1) is 12.2 Å². The van der Waals surface area contributed by atoms with E-state index < -0.39 is 6.10 Å². The zero-order chi connectivity index (χ0) is 12.4. The number of aliphatic hydroxyl groups is 2. The van der Waals surface area contributed by atoms with E-state index in [4.69, 9.17) is 0 Å². The third-order valence-electron chi connectivity index (χ3n) is 3.54. The summed E-state index contributed by atoms with van der Waals surface area (Å²) in [6.07, 6.45) is 1.27. The van der Waals surface area contributed by atoms with E-state index in [1.165, 1.54) is 0 Å². The van der Waals surface area contributed by atoms with Crippen molar-refractivity contribution in [3.05, 3.63) is 29.8 Å². The zero-order valence-electron chi connectivity index (χ0n) is 10.5. The van der Waals surface area contributed by atoms with Crippen molar-refractivity contribution >= 4 is 5.69 Å². The van der Waals surface area contributed by atoms with Gasteiger partial charge in [-0.15, -0.1) is 0 Å². The van der Waals surface area contributed by atoms with E-state index in [2.05, 4.69) is 4.90 Å². The predicted octanol–water partition coefficient (Wildman–Crippen LogP) is 1.95. The minimum Gasteiger partial charge on any atom is -0.393 e. The van der Waals surface area contributed by atoms with Crippen LogP contribution in [0.25, 0.3) is 0 Å². The van der Waals surface area contributed by atoms with Crippen LogP contribution in [-0.2, 0) is 0 Å². The van der Waals surface area contributed by atoms with Crippen LogP contribution < -0.4 is 4.90 Å². The summed E-state index contributed by atoms with van der Waals surface area (Å²) in [6, 6.07) is 7.95. The lowest BCUT2D eigenvalue weighted by Gasteiger charge is -2.36. The van der Waals surface area contributed by atoms with Crippen molar-refractivity contribution in [2.75, 3.05) is 18.5 Å². The number of para-hydroxylation sites is 1. The Morgan fingerprint density at radius 3 is 2.59 bits per heavy atom. The molecule has 0 unspecified atom stereocenters. The van der Waals surface area contributed by atoms with Crippen LogP contribution in [-0.4, -0.2) is 29.9 Å². The maximum Gasteiger partial charge on any atom is 0.0781 e. The van der Waals surface area contributed by atoms with Gasteiger partial charge in [-0.25, -0.2) is 0 Å². The number of hydrogen-bond donors (Lipinski definition) is 2. The third kappa shape index (κ3) is 2.79. The van der Waals surface area contributed by atoms with Crippen LogP contribution in [0.2, 0.25) is 0 Å². The fourth-order valence-corrected chi connectivity index (χ4v) is 2.52. The van der Waals surface area contributed by atoms with Gasteiger partial charge in [-0.2, -0.15) is 0 Å². The van der Waals surface area contributed by atoms with Crippen LogP contribution in [0.4, 0.5) is 5.69 Å². The number of anilines is 1. The quantitative estimate of drug-likeness (QED) is 0.838. The van der Waals surface area contributed by atoms with Crippen molar-refractivity contribution in [3.63, 3.8) is 0 Å². The first-order chi connectivity index (χ1) is 8.08. The summed E-state index contributed by atoms with van der Waals surface area (Å²) in [7, 11) is 2.05. The molecule has 0 aromatic heterocycles. The highest BCUT2D eigenvalue weighted by Crippen LogP contribution is 2.31. The minimum atomic E-state index is -0.444. The first-order valence-electron chi connectivity index (χ1n) is 6.24. The first kappa shape index (κ1) is 12.4. The van der Waals surface area contributed by atoms with Gasteiger partial charge in [0.1, 0.15) is 0 Å². The molecule has 1 atom stereocenters. The molecule has 17 heavy (non-hydrogen) atoms. The normalized spacial score (nSPS) is 25.2. The second kappa shape index (κ2) is 5.07. The van der Waals surface area contributed by atoms with Crippen molar-refractivity contribution in [2.45, 2.75) is 32.0 Å². The molecule has 1 aromatic rings. The molecule has 0 spiro atoms. The van der Waals surface area contributed by atoms with Crippen LogP contribution in [0.3, 0.4) is 0 Å². The van der Waals surface area contributed by atoms with Crippen LogP contribution in [0.5, 0.6) is 0 Å². The summed E-state index contributed by atoms with van der Waals surface area (Å²) >= 11 is 0. The van der Waals surface area contributed by atoms with Gasteiger partial charge in [-0.1, -0.05) is 18.2 Å². The lowest BCUT2D eigenvalue weighted by Crippen LogP contribution is -2.37. The van der Waals surface area contributed by atoms with E-state index >= 15 is 0 Å². The topological polar surface area (TPSA) is 43.7 Å². The molecule has 0 aliphatic heterocycles. The fourth-order valence-electron chi connectivity index (χ4n) is 2.52. The Hall–Kier alpha value is -1.06. The average molecular weight is 235 g/mol. The highest BCUT2D eigenvalue weighted by molar-refractivity contribution is 5.54. The smallest absolute Gasteiger partial charge is 0.0781 e. The fraction of sp³-hybridized carbons (Fsp3) is 0.571. The van der Waals surface area contributed by atoms with Crippen LogP contribution in [0.15, 0.2) is 24.3 Å². The highest BCUT2D eigenvalue weighted by atomic mass is 16.3. The summed E-state index contributed by atoms with van der Waals surface area (Å²) in [5.74, 6) is 0.581. The highest BCUT2D eigenvalue weighted by Gasteiger charge is 2.28. The van der Waals surface area contributed by atoms with Crippen molar-refractivity contribution in [3.8, 4) is 0 Å². The van der Waals surface area contributed by atoms with Gasteiger partial charge in [-0.3, -0.25) is 0 Å². The van der Waals surface area contributed by atoms with Gasteiger partial charge in [0.15, 0.2) is 0 Å².